The van der Waals surface area contributed by atoms with Crippen molar-refractivity contribution in [3.05, 3.63) is 52.8 Å². The van der Waals surface area contributed by atoms with Gasteiger partial charge in [0.25, 0.3) is 5.91 Å². The van der Waals surface area contributed by atoms with Crippen LogP contribution < -0.4 is 5.32 Å². The quantitative estimate of drug-likeness (QED) is 0.860. The Morgan fingerprint density at radius 2 is 2.05 bits per heavy atom. The Morgan fingerprint density at radius 3 is 2.60 bits per heavy atom. The van der Waals surface area contributed by atoms with Crippen molar-refractivity contribution >= 4 is 5.91 Å². The lowest BCUT2D eigenvalue weighted by Gasteiger charge is -2.06. The van der Waals surface area contributed by atoms with Crippen LogP contribution in [0.3, 0.4) is 0 Å². The van der Waals surface area contributed by atoms with E-state index in [0.29, 0.717) is 12.1 Å². The molecule has 1 N–H and O–H groups in total. The first-order chi connectivity index (χ1) is 9.60. The van der Waals surface area contributed by atoms with Crippen molar-refractivity contribution in [2.75, 3.05) is 6.54 Å². The molecule has 1 heterocycles. The first-order valence-corrected chi connectivity index (χ1v) is 6.42. The number of nitrogens with one attached hydrogen (secondary N) is 1. The molecule has 0 aliphatic carbocycles. The Balaban J connectivity index is 2.07. The Bertz CT molecular complexity index is 647. The molecule has 0 spiro atoms. The number of hydrogen-bond acceptors (Lipinski definition) is 2. The molecule has 20 heavy (non-hydrogen) atoms. The van der Waals surface area contributed by atoms with Gasteiger partial charge in [-0.3, -0.25) is 9.48 Å². The second-order valence-electron chi connectivity index (χ2n) is 4.67. The van der Waals surface area contributed by atoms with E-state index in [-0.39, 0.29) is 12.5 Å². The van der Waals surface area contributed by atoms with Gasteiger partial charge in [-0.2, -0.15) is 5.10 Å². The molecule has 0 saturated carbocycles. The summed E-state index contributed by atoms with van der Waals surface area (Å²) in [5, 5.41) is 7.06. The van der Waals surface area contributed by atoms with Crippen molar-refractivity contribution in [3.63, 3.8) is 0 Å². The van der Waals surface area contributed by atoms with E-state index in [0.717, 1.165) is 17.0 Å². The third-order valence-electron chi connectivity index (χ3n) is 3.00. The predicted octanol–water partition coefficient (Wildman–Crippen LogP) is 1.91. The van der Waals surface area contributed by atoms with Crippen molar-refractivity contribution in [2.24, 2.45) is 0 Å². The van der Waals surface area contributed by atoms with Crippen LogP contribution in [0.1, 0.15) is 27.3 Å². The number of carbonyl (C=O) groups is 1. The van der Waals surface area contributed by atoms with E-state index in [2.05, 4.69) is 16.3 Å². The second kappa shape index (κ2) is 6.07. The number of carbonyl (C=O) groups excluding carboxylic acids is 1. The van der Waals surface area contributed by atoms with E-state index in [1.165, 1.54) is 0 Å². The molecule has 0 unspecified atom stereocenters. The van der Waals surface area contributed by atoms with Crippen LogP contribution in [-0.4, -0.2) is 22.2 Å². The zero-order valence-corrected chi connectivity index (χ0v) is 11.7. The van der Waals surface area contributed by atoms with Gasteiger partial charge in [0.1, 0.15) is 0 Å². The molecule has 0 fully saturated rings. The monoisotopic (exact) mass is 267 g/mol. The Morgan fingerprint density at radius 1 is 1.35 bits per heavy atom. The molecular weight excluding hydrogens is 250 g/mol. The molecule has 102 valence electrons. The highest BCUT2D eigenvalue weighted by molar-refractivity contribution is 5.94. The van der Waals surface area contributed by atoms with Crippen LogP contribution in [-0.2, 0) is 6.54 Å². The summed E-state index contributed by atoms with van der Waals surface area (Å²) in [5.41, 5.74) is 3.84. The maximum absolute atomic E-state index is 11.7. The Labute approximate surface area is 118 Å². The Kier molecular flexibility index (Phi) is 4.21. The van der Waals surface area contributed by atoms with Gasteiger partial charge in [0.05, 0.1) is 18.8 Å². The number of nitrogens with zero attached hydrogens (tertiary/aromatic N) is 2. The van der Waals surface area contributed by atoms with Crippen molar-refractivity contribution in [1.29, 1.82) is 0 Å². The SMILES string of the molecule is C#CCNC(=O)c1ccc(Cn2nc(C)cc2C)cc1. The minimum Gasteiger partial charge on any atom is -0.341 e. The third kappa shape index (κ3) is 3.27. The smallest absolute Gasteiger partial charge is 0.252 e. The summed E-state index contributed by atoms with van der Waals surface area (Å²) in [6, 6.07) is 9.50. The number of aromatic nitrogens is 2. The highest BCUT2D eigenvalue weighted by atomic mass is 16.1. The van der Waals surface area contributed by atoms with Crippen LogP contribution in [0.15, 0.2) is 30.3 Å². The average Bonchev–Trinajstić information content (AvgIpc) is 2.75. The molecule has 0 bridgehead atoms. The van der Waals surface area contributed by atoms with Gasteiger partial charge in [-0.05, 0) is 37.6 Å². The fourth-order valence-corrected chi connectivity index (χ4v) is 2.00. The standard InChI is InChI=1S/C16H17N3O/c1-4-9-17-16(20)15-7-5-14(6-8-15)11-19-13(3)10-12(2)18-19/h1,5-8,10H,9,11H2,2-3H3,(H,17,20). The van der Waals surface area contributed by atoms with E-state index >= 15 is 0 Å². The van der Waals surface area contributed by atoms with Gasteiger partial charge in [-0.25, -0.2) is 0 Å². The topological polar surface area (TPSA) is 46.9 Å². The van der Waals surface area contributed by atoms with Crippen molar-refractivity contribution in [2.45, 2.75) is 20.4 Å². The molecule has 0 atom stereocenters. The first-order valence-electron chi connectivity index (χ1n) is 6.42. The predicted molar refractivity (Wildman–Crippen MR) is 78.4 cm³/mol. The van der Waals surface area contributed by atoms with Crippen LogP contribution >= 0.6 is 0 Å². The third-order valence-corrected chi connectivity index (χ3v) is 3.00. The molecule has 4 nitrogen and oxygen atoms in total. The average molecular weight is 267 g/mol. The molecule has 0 aliphatic rings. The van der Waals surface area contributed by atoms with E-state index in [4.69, 9.17) is 6.42 Å². The lowest BCUT2D eigenvalue weighted by atomic mass is 10.1. The van der Waals surface area contributed by atoms with Crippen molar-refractivity contribution in [1.82, 2.24) is 15.1 Å². The van der Waals surface area contributed by atoms with Crippen molar-refractivity contribution < 1.29 is 4.79 Å². The van der Waals surface area contributed by atoms with Gasteiger partial charge in [0.2, 0.25) is 0 Å². The molecular formula is C16H17N3O. The summed E-state index contributed by atoms with van der Waals surface area (Å²) < 4.78 is 1.95. The van der Waals surface area contributed by atoms with Gasteiger partial charge < -0.3 is 5.32 Å². The zero-order chi connectivity index (χ0) is 14.5. The highest BCUT2D eigenvalue weighted by Gasteiger charge is 2.05. The number of terminal acetylenes is 1. The molecule has 0 saturated heterocycles. The van der Waals surface area contributed by atoms with Gasteiger partial charge in [0, 0.05) is 11.3 Å². The molecule has 1 amide bonds. The van der Waals surface area contributed by atoms with E-state index in [9.17, 15) is 4.79 Å². The zero-order valence-electron chi connectivity index (χ0n) is 11.7. The van der Waals surface area contributed by atoms with E-state index in [1.807, 2.05) is 36.7 Å². The lowest BCUT2D eigenvalue weighted by Crippen LogP contribution is -2.23. The number of aryl methyl sites for hydroxylation is 2. The summed E-state index contributed by atoms with van der Waals surface area (Å²) in [6.07, 6.45) is 5.11. The minimum absolute atomic E-state index is 0.152. The summed E-state index contributed by atoms with van der Waals surface area (Å²) in [5.74, 6) is 2.23. The molecule has 4 heteroatoms. The van der Waals surface area contributed by atoms with Gasteiger partial charge in [-0.1, -0.05) is 18.1 Å². The largest absolute Gasteiger partial charge is 0.341 e. The van der Waals surface area contributed by atoms with Gasteiger partial charge in [0.15, 0.2) is 0 Å². The number of amides is 1. The van der Waals surface area contributed by atoms with Crippen LogP contribution in [0.2, 0.25) is 0 Å². The Hall–Kier alpha value is -2.54. The number of hydrogen-bond donors (Lipinski definition) is 1. The molecule has 0 radical (unpaired) electrons. The normalized spacial score (nSPS) is 10.1. The van der Waals surface area contributed by atoms with Crippen molar-refractivity contribution in [3.8, 4) is 12.3 Å². The summed E-state index contributed by atoms with van der Waals surface area (Å²) in [7, 11) is 0. The number of rotatable bonds is 4. The lowest BCUT2D eigenvalue weighted by molar-refractivity contribution is 0.0958. The summed E-state index contributed by atoms with van der Waals surface area (Å²) in [4.78, 5) is 11.7. The van der Waals surface area contributed by atoms with Crippen LogP contribution in [0.5, 0.6) is 0 Å². The minimum atomic E-state index is -0.152. The first kappa shape index (κ1) is 13.9. The van der Waals surface area contributed by atoms with Gasteiger partial charge in [-0.15, -0.1) is 6.42 Å². The van der Waals surface area contributed by atoms with Crippen LogP contribution in [0, 0.1) is 26.2 Å². The molecule has 1 aromatic carbocycles. The molecule has 1 aromatic heterocycles. The van der Waals surface area contributed by atoms with Gasteiger partial charge >= 0.3 is 0 Å². The molecule has 2 aromatic rings. The summed E-state index contributed by atoms with van der Waals surface area (Å²) >= 11 is 0. The van der Waals surface area contributed by atoms with Crippen LogP contribution in [0.4, 0.5) is 0 Å². The fraction of sp³-hybridized carbons (Fsp3) is 0.250. The highest BCUT2D eigenvalue weighted by Crippen LogP contribution is 2.09. The maximum atomic E-state index is 11.7. The van der Waals surface area contributed by atoms with E-state index in [1.54, 1.807) is 12.1 Å². The van der Waals surface area contributed by atoms with Crippen LogP contribution in [0.25, 0.3) is 0 Å². The second-order valence-corrected chi connectivity index (χ2v) is 4.67. The molecule has 2 rings (SSSR count). The van der Waals surface area contributed by atoms with E-state index < -0.39 is 0 Å². The summed E-state index contributed by atoms with van der Waals surface area (Å²) in [6.45, 7) is 4.95. The molecule has 0 aliphatic heterocycles. The maximum Gasteiger partial charge on any atom is 0.252 e. The number of benzene rings is 1. The fourth-order valence-electron chi connectivity index (χ4n) is 2.00.